The molecule has 1 aliphatic rings. The minimum Gasteiger partial charge on any atom is -0.392 e. The number of aromatic amines is 1. The van der Waals surface area contributed by atoms with Crippen molar-refractivity contribution in [1.82, 2.24) is 19.5 Å². The normalized spacial score (nSPS) is 29.8. The van der Waals surface area contributed by atoms with E-state index in [1.165, 1.54) is 0 Å². The van der Waals surface area contributed by atoms with Crippen molar-refractivity contribution in [3.63, 3.8) is 0 Å². The smallest absolute Gasteiger partial charge is 0.392 e. The maximum absolute atomic E-state index is 13.5. The molecule has 25 heavy (non-hydrogen) atoms. The fourth-order valence-corrected chi connectivity index (χ4v) is 2.80. The van der Waals surface area contributed by atoms with Crippen LogP contribution in [0, 0.1) is 18.3 Å². The molecular weight excluding hydrogens is 347 g/mol. The Kier molecular flexibility index (Phi) is 3.75. The fraction of sp³-hybridized carbons (Fsp3) is 0.462. The lowest BCUT2D eigenvalue weighted by Crippen LogP contribution is -2.46. The van der Waals surface area contributed by atoms with E-state index in [-0.39, 0.29) is 17.1 Å². The number of hydrogen-bond donors (Lipinski definition) is 4. The molecule has 0 bridgehead atoms. The van der Waals surface area contributed by atoms with Crippen LogP contribution in [0.1, 0.15) is 6.23 Å². The van der Waals surface area contributed by atoms with E-state index in [2.05, 4.69) is 15.0 Å². The third-order valence-corrected chi connectivity index (χ3v) is 4.04. The van der Waals surface area contributed by atoms with Gasteiger partial charge in [-0.05, 0) is 0 Å². The number of ether oxygens (including phenoxy) is 1. The number of imidazole rings is 1. The number of nitrogens with one attached hydrogen (secondary N) is 1. The fourth-order valence-electron chi connectivity index (χ4n) is 2.80. The van der Waals surface area contributed by atoms with Crippen LogP contribution < -0.4 is 11.3 Å². The van der Waals surface area contributed by atoms with Gasteiger partial charge in [0.25, 0.3) is 5.56 Å². The molecule has 0 radical (unpaired) electrons. The van der Waals surface area contributed by atoms with Gasteiger partial charge in [-0.3, -0.25) is 14.3 Å². The molecule has 0 spiro atoms. The molecule has 3 heterocycles. The Morgan fingerprint density at radius 1 is 1.56 bits per heavy atom. The van der Waals surface area contributed by atoms with Crippen molar-refractivity contribution >= 4 is 17.1 Å². The van der Waals surface area contributed by atoms with Gasteiger partial charge in [0.05, 0.1) is 12.9 Å². The number of hydrogen-bond acceptors (Lipinski definition) is 7. The first-order valence-corrected chi connectivity index (χ1v) is 6.88. The van der Waals surface area contributed by atoms with E-state index >= 15 is 0 Å². The zero-order chi connectivity index (χ0) is 18.6. The van der Waals surface area contributed by atoms with E-state index in [1.807, 2.05) is 5.92 Å². The standard InChI is InChI=1S/C13H12F3N5O4/c1-2-12(3-22)7(23)5(13(14,15)16)10(25-12)21-4-18-6-8(21)19-11(17)20-9(6)24/h1,4-5,7,10,22-23H,3H2,(H3,17,19,20,24)/t5?,7-,10?,12+/m0/s1. The quantitative estimate of drug-likeness (QED) is 0.511. The van der Waals surface area contributed by atoms with Gasteiger partial charge >= 0.3 is 6.18 Å². The summed E-state index contributed by atoms with van der Waals surface area (Å²) in [5, 5.41) is 19.5. The number of halogens is 3. The number of rotatable bonds is 2. The Morgan fingerprint density at radius 3 is 2.80 bits per heavy atom. The molecule has 9 nitrogen and oxygen atoms in total. The van der Waals surface area contributed by atoms with E-state index in [4.69, 9.17) is 16.9 Å². The second-order valence-electron chi connectivity index (χ2n) is 5.49. The lowest BCUT2D eigenvalue weighted by Gasteiger charge is -2.25. The molecule has 3 rings (SSSR count). The van der Waals surface area contributed by atoms with Crippen LogP contribution in [0.4, 0.5) is 19.1 Å². The Labute approximate surface area is 137 Å². The molecule has 0 amide bonds. The number of aliphatic hydroxyl groups excluding tert-OH is 2. The van der Waals surface area contributed by atoms with Gasteiger partial charge in [0.2, 0.25) is 5.95 Å². The van der Waals surface area contributed by atoms with Crippen LogP contribution in [0.25, 0.3) is 11.2 Å². The summed E-state index contributed by atoms with van der Waals surface area (Å²) in [7, 11) is 0. The second kappa shape index (κ2) is 5.45. The molecular formula is C13H12F3N5O4. The maximum Gasteiger partial charge on any atom is 0.398 e. The highest BCUT2D eigenvalue weighted by Gasteiger charge is 2.64. The molecule has 4 atom stereocenters. The number of aliphatic hydroxyl groups is 2. The van der Waals surface area contributed by atoms with Crippen LogP contribution in [-0.2, 0) is 4.74 Å². The van der Waals surface area contributed by atoms with Crippen molar-refractivity contribution in [1.29, 1.82) is 0 Å². The lowest BCUT2D eigenvalue weighted by molar-refractivity contribution is -0.210. The largest absolute Gasteiger partial charge is 0.398 e. The Hall–Kier alpha value is -2.62. The SMILES string of the molecule is C#C[C@]1(CO)OC(n2cnc3c(=O)[nH]c(N)nc32)C(C(F)(F)F)[C@@H]1O. The highest BCUT2D eigenvalue weighted by Crippen LogP contribution is 2.49. The van der Waals surface area contributed by atoms with Crippen LogP contribution in [0.15, 0.2) is 11.1 Å². The number of nitrogens with zero attached hydrogens (tertiary/aromatic N) is 3. The van der Waals surface area contributed by atoms with Crippen molar-refractivity contribution in [3.8, 4) is 12.3 Å². The summed E-state index contributed by atoms with van der Waals surface area (Å²) in [4.78, 5) is 21.4. The third-order valence-electron chi connectivity index (χ3n) is 4.04. The van der Waals surface area contributed by atoms with Crippen LogP contribution >= 0.6 is 0 Å². The summed E-state index contributed by atoms with van der Waals surface area (Å²) < 4.78 is 46.5. The summed E-state index contributed by atoms with van der Waals surface area (Å²) in [6, 6.07) is 0. The van der Waals surface area contributed by atoms with Crippen LogP contribution in [0.2, 0.25) is 0 Å². The number of alkyl halides is 3. The van der Waals surface area contributed by atoms with Gasteiger partial charge in [0, 0.05) is 0 Å². The molecule has 12 heteroatoms. The number of nitrogens with two attached hydrogens (primary N) is 1. The Morgan fingerprint density at radius 2 is 2.24 bits per heavy atom. The monoisotopic (exact) mass is 359 g/mol. The van der Waals surface area contributed by atoms with Crippen LogP contribution in [0.5, 0.6) is 0 Å². The number of H-pyrrole nitrogens is 1. The lowest BCUT2D eigenvalue weighted by atomic mass is 9.90. The molecule has 2 unspecified atom stereocenters. The molecule has 2 aromatic heterocycles. The highest BCUT2D eigenvalue weighted by atomic mass is 19.4. The first-order valence-electron chi connectivity index (χ1n) is 6.88. The van der Waals surface area contributed by atoms with Gasteiger partial charge in [-0.2, -0.15) is 18.2 Å². The molecule has 1 aliphatic heterocycles. The maximum atomic E-state index is 13.5. The van der Waals surface area contributed by atoms with Gasteiger partial charge < -0.3 is 20.7 Å². The summed E-state index contributed by atoms with van der Waals surface area (Å²) in [6.07, 6.45) is -3.01. The summed E-state index contributed by atoms with van der Waals surface area (Å²) in [5.74, 6) is -0.959. The van der Waals surface area contributed by atoms with Crippen molar-refractivity contribution in [2.24, 2.45) is 5.92 Å². The van der Waals surface area contributed by atoms with Crippen molar-refractivity contribution in [3.05, 3.63) is 16.7 Å². The second-order valence-corrected chi connectivity index (χ2v) is 5.49. The first-order chi connectivity index (χ1) is 11.6. The molecule has 0 aromatic carbocycles. The zero-order valence-corrected chi connectivity index (χ0v) is 12.4. The minimum absolute atomic E-state index is 0.268. The average Bonchev–Trinajstić information content (AvgIpc) is 3.06. The van der Waals surface area contributed by atoms with E-state index in [9.17, 15) is 28.2 Å². The number of fused-ring (bicyclic) bond motifs is 1. The van der Waals surface area contributed by atoms with Gasteiger partial charge in [-0.15, -0.1) is 6.42 Å². The number of nitrogen functional groups attached to an aromatic ring is 1. The van der Waals surface area contributed by atoms with E-state index in [0.717, 1.165) is 10.9 Å². The summed E-state index contributed by atoms with van der Waals surface area (Å²) >= 11 is 0. The molecule has 1 fully saturated rings. The Balaban J connectivity index is 2.21. The van der Waals surface area contributed by atoms with Crippen LogP contribution in [0.3, 0.4) is 0 Å². The van der Waals surface area contributed by atoms with Crippen molar-refractivity contribution in [2.75, 3.05) is 12.3 Å². The van der Waals surface area contributed by atoms with Gasteiger partial charge in [0.1, 0.15) is 12.0 Å². The first kappa shape index (κ1) is 17.2. The number of aromatic nitrogens is 4. The van der Waals surface area contributed by atoms with Crippen molar-refractivity contribution < 1.29 is 28.1 Å². The van der Waals surface area contributed by atoms with Gasteiger partial charge in [-0.25, -0.2) is 4.98 Å². The molecule has 134 valence electrons. The predicted molar refractivity (Wildman–Crippen MR) is 76.9 cm³/mol. The van der Waals surface area contributed by atoms with Crippen molar-refractivity contribution in [2.45, 2.75) is 24.1 Å². The van der Waals surface area contributed by atoms with Gasteiger partial charge in [-0.1, -0.05) is 5.92 Å². The van der Waals surface area contributed by atoms with Crippen LogP contribution in [-0.4, -0.2) is 54.2 Å². The number of anilines is 1. The summed E-state index contributed by atoms with van der Waals surface area (Å²) in [6.45, 7) is -1.05. The Bertz CT molecular complexity index is 917. The molecule has 2 aromatic rings. The highest BCUT2D eigenvalue weighted by molar-refractivity contribution is 5.70. The number of terminal acetylenes is 1. The third kappa shape index (κ3) is 2.44. The summed E-state index contributed by atoms with van der Waals surface area (Å²) in [5.41, 5.74) is 1.84. The topological polar surface area (TPSA) is 139 Å². The zero-order valence-electron chi connectivity index (χ0n) is 12.4. The predicted octanol–water partition coefficient (Wildman–Crippen LogP) is -0.866. The van der Waals surface area contributed by atoms with E-state index in [0.29, 0.717) is 0 Å². The van der Waals surface area contributed by atoms with Gasteiger partial charge in [0.15, 0.2) is 23.0 Å². The molecule has 1 saturated heterocycles. The molecule has 5 N–H and O–H groups in total. The molecule has 0 saturated carbocycles. The minimum atomic E-state index is -4.93. The van der Waals surface area contributed by atoms with E-state index < -0.39 is 42.2 Å². The average molecular weight is 359 g/mol. The molecule has 0 aliphatic carbocycles. The van der Waals surface area contributed by atoms with E-state index in [1.54, 1.807) is 0 Å².